The molecule has 0 saturated heterocycles. The van der Waals surface area contributed by atoms with Crippen molar-refractivity contribution in [1.82, 2.24) is 0 Å². The van der Waals surface area contributed by atoms with Crippen molar-refractivity contribution >= 4 is 15.9 Å². The molecule has 84 valence electrons. The molecule has 0 radical (unpaired) electrons. The summed E-state index contributed by atoms with van der Waals surface area (Å²) in [6.45, 7) is 4.46. The van der Waals surface area contributed by atoms with Crippen LogP contribution in [0, 0.1) is 5.92 Å². The maximum atomic E-state index is 9.30. The monoisotopic (exact) mass is 270 g/mol. The standard InChI is InChI=1S/C13H19BrO/c1-10(2)13(14)8-4-6-11-5-3-7-12(15)9-11/h3,5,7,9-10,13,15H,4,6,8H2,1-2H3. The molecule has 0 aliphatic rings. The van der Waals surface area contributed by atoms with Crippen LogP contribution in [0.3, 0.4) is 0 Å². The Hall–Kier alpha value is -0.500. The average Bonchev–Trinajstić information content (AvgIpc) is 2.17. The van der Waals surface area contributed by atoms with Crippen LogP contribution < -0.4 is 0 Å². The van der Waals surface area contributed by atoms with Crippen molar-refractivity contribution in [2.24, 2.45) is 5.92 Å². The Kier molecular flexibility index (Phi) is 5.16. The summed E-state index contributed by atoms with van der Waals surface area (Å²) in [6, 6.07) is 7.53. The van der Waals surface area contributed by atoms with E-state index in [-0.39, 0.29) is 0 Å². The molecule has 1 aromatic rings. The number of hydrogen-bond donors (Lipinski definition) is 1. The molecule has 1 N–H and O–H groups in total. The van der Waals surface area contributed by atoms with Gasteiger partial charge in [-0.2, -0.15) is 0 Å². The van der Waals surface area contributed by atoms with E-state index in [9.17, 15) is 5.11 Å². The molecule has 0 saturated carbocycles. The summed E-state index contributed by atoms with van der Waals surface area (Å²) in [5.41, 5.74) is 1.22. The molecule has 0 aliphatic heterocycles. The van der Waals surface area contributed by atoms with Gasteiger partial charge >= 0.3 is 0 Å². The summed E-state index contributed by atoms with van der Waals surface area (Å²) in [5, 5.41) is 9.30. The summed E-state index contributed by atoms with van der Waals surface area (Å²) >= 11 is 3.68. The topological polar surface area (TPSA) is 20.2 Å². The molecule has 2 heteroatoms. The Labute approximate surface area is 101 Å². The highest BCUT2D eigenvalue weighted by Gasteiger charge is 2.08. The highest BCUT2D eigenvalue weighted by molar-refractivity contribution is 9.09. The first-order chi connectivity index (χ1) is 7.09. The van der Waals surface area contributed by atoms with Gasteiger partial charge in [0, 0.05) is 4.83 Å². The summed E-state index contributed by atoms with van der Waals surface area (Å²) in [6.07, 6.45) is 3.40. The second-order valence-corrected chi connectivity index (χ2v) is 5.50. The second kappa shape index (κ2) is 6.16. The number of phenols is 1. The summed E-state index contributed by atoms with van der Waals surface area (Å²) < 4.78 is 0. The van der Waals surface area contributed by atoms with Crippen LogP contribution in [-0.2, 0) is 6.42 Å². The second-order valence-electron chi connectivity index (χ2n) is 4.32. The van der Waals surface area contributed by atoms with E-state index < -0.39 is 0 Å². The third-order valence-electron chi connectivity index (χ3n) is 2.58. The van der Waals surface area contributed by atoms with Crippen LogP contribution in [0.25, 0.3) is 0 Å². The first kappa shape index (κ1) is 12.6. The van der Waals surface area contributed by atoms with Crippen LogP contribution in [0.1, 0.15) is 32.3 Å². The van der Waals surface area contributed by atoms with Crippen LogP contribution in [0.15, 0.2) is 24.3 Å². The largest absolute Gasteiger partial charge is 0.508 e. The molecular formula is C13H19BrO. The number of phenolic OH excluding ortho intramolecular Hbond substituents is 1. The zero-order valence-corrected chi connectivity index (χ0v) is 11.0. The van der Waals surface area contributed by atoms with Crippen LogP contribution in [0.5, 0.6) is 5.75 Å². The van der Waals surface area contributed by atoms with Crippen LogP contribution in [-0.4, -0.2) is 9.93 Å². The van der Waals surface area contributed by atoms with Gasteiger partial charge in [-0.1, -0.05) is 41.9 Å². The number of aromatic hydroxyl groups is 1. The lowest BCUT2D eigenvalue weighted by Gasteiger charge is -2.13. The number of halogens is 1. The van der Waals surface area contributed by atoms with E-state index >= 15 is 0 Å². The number of aryl methyl sites for hydroxylation is 1. The third kappa shape index (κ3) is 4.70. The van der Waals surface area contributed by atoms with Gasteiger partial charge in [0.2, 0.25) is 0 Å². The third-order valence-corrected chi connectivity index (χ3v) is 4.09. The van der Waals surface area contributed by atoms with Crippen molar-refractivity contribution in [3.63, 3.8) is 0 Å². The molecule has 0 fully saturated rings. The van der Waals surface area contributed by atoms with Gasteiger partial charge in [0.15, 0.2) is 0 Å². The van der Waals surface area contributed by atoms with Crippen LogP contribution in [0.4, 0.5) is 0 Å². The zero-order chi connectivity index (χ0) is 11.3. The van der Waals surface area contributed by atoms with Crippen molar-refractivity contribution in [1.29, 1.82) is 0 Å². The minimum absolute atomic E-state index is 0.367. The molecule has 0 aromatic heterocycles. The van der Waals surface area contributed by atoms with Gasteiger partial charge in [0.1, 0.15) is 5.75 Å². The summed E-state index contributed by atoms with van der Waals surface area (Å²) in [7, 11) is 0. The Morgan fingerprint density at radius 1 is 1.33 bits per heavy atom. The Bertz CT molecular complexity index is 296. The summed E-state index contributed by atoms with van der Waals surface area (Å²) in [5.74, 6) is 1.06. The predicted octanol–water partition coefficient (Wildman–Crippen LogP) is 4.13. The zero-order valence-electron chi connectivity index (χ0n) is 9.41. The van der Waals surface area contributed by atoms with Gasteiger partial charge < -0.3 is 5.11 Å². The quantitative estimate of drug-likeness (QED) is 0.798. The predicted molar refractivity (Wildman–Crippen MR) is 68.6 cm³/mol. The van der Waals surface area contributed by atoms with Gasteiger partial charge in [-0.25, -0.2) is 0 Å². The molecule has 0 aliphatic carbocycles. The van der Waals surface area contributed by atoms with Gasteiger partial charge in [0.05, 0.1) is 0 Å². The van der Waals surface area contributed by atoms with E-state index in [0.717, 1.165) is 12.8 Å². The molecule has 0 amide bonds. The van der Waals surface area contributed by atoms with Gasteiger partial charge in [-0.3, -0.25) is 0 Å². The van der Waals surface area contributed by atoms with Gasteiger partial charge in [-0.15, -0.1) is 0 Å². The average molecular weight is 271 g/mol. The number of alkyl halides is 1. The SMILES string of the molecule is CC(C)C(Br)CCCc1cccc(O)c1. The molecule has 1 rings (SSSR count). The van der Waals surface area contributed by atoms with E-state index in [1.54, 1.807) is 6.07 Å². The fourth-order valence-electron chi connectivity index (χ4n) is 1.55. The molecule has 0 heterocycles. The van der Waals surface area contributed by atoms with E-state index in [4.69, 9.17) is 0 Å². The lowest BCUT2D eigenvalue weighted by molar-refractivity contribution is 0.474. The maximum absolute atomic E-state index is 9.30. The normalized spacial score (nSPS) is 13.1. The van der Waals surface area contributed by atoms with Gasteiger partial charge in [-0.05, 0) is 42.9 Å². The lowest BCUT2D eigenvalue weighted by Crippen LogP contribution is -2.06. The molecule has 1 unspecified atom stereocenters. The van der Waals surface area contributed by atoms with Gasteiger partial charge in [0.25, 0.3) is 0 Å². The number of hydrogen-bond acceptors (Lipinski definition) is 1. The van der Waals surface area contributed by atoms with Crippen molar-refractivity contribution < 1.29 is 5.11 Å². The molecule has 0 bridgehead atoms. The Morgan fingerprint density at radius 3 is 2.67 bits per heavy atom. The van der Waals surface area contributed by atoms with Crippen molar-refractivity contribution in [3.8, 4) is 5.75 Å². The minimum atomic E-state index is 0.367. The minimum Gasteiger partial charge on any atom is -0.508 e. The first-order valence-corrected chi connectivity index (χ1v) is 6.43. The molecule has 1 nitrogen and oxygen atoms in total. The van der Waals surface area contributed by atoms with Crippen LogP contribution >= 0.6 is 15.9 Å². The van der Waals surface area contributed by atoms with E-state index in [0.29, 0.717) is 16.5 Å². The fourth-order valence-corrected chi connectivity index (χ4v) is 1.87. The van der Waals surface area contributed by atoms with Crippen LogP contribution in [0.2, 0.25) is 0 Å². The maximum Gasteiger partial charge on any atom is 0.115 e. The Morgan fingerprint density at radius 2 is 2.07 bits per heavy atom. The summed E-state index contributed by atoms with van der Waals surface area (Å²) in [4.78, 5) is 0.606. The Balaban J connectivity index is 2.32. The van der Waals surface area contributed by atoms with E-state index in [1.807, 2.05) is 12.1 Å². The number of rotatable bonds is 5. The van der Waals surface area contributed by atoms with E-state index in [2.05, 4.69) is 35.8 Å². The van der Waals surface area contributed by atoms with Crippen molar-refractivity contribution in [2.75, 3.05) is 0 Å². The van der Waals surface area contributed by atoms with Crippen molar-refractivity contribution in [2.45, 2.75) is 37.9 Å². The first-order valence-electron chi connectivity index (χ1n) is 5.51. The lowest BCUT2D eigenvalue weighted by atomic mass is 10.0. The number of benzene rings is 1. The molecule has 0 spiro atoms. The van der Waals surface area contributed by atoms with E-state index in [1.165, 1.54) is 12.0 Å². The molecular weight excluding hydrogens is 252 g/mol. The highest BCUT2D eigenvalue weighted by atomic mass is 79.9. The smallest absolute Gasteiger partial charge is 0.115 e. The highest BCUT2D eigenvalue weighted by Crippen LogP contribution is 2.20. The fraction of sp³-hybridized carbons (Fsp3) is 0.538. The molecule has 1 aromatic carbocycles. The molecule has 15 heavy (non-hydrogen) atoms. The van der Waals surface area contributed by atoms with Crippen molar-refractivity contribution in [3.05, 3.63) is 29.8 Å². The molecule has 1 atom stereocenters.